The largest absolute Gasteiger partial charge is 0.261 e. The lowest BCUT2D eigenvalue weighted by Crippen LogP contribution is -2.06. The Balaban J connectivity index is 2.27. The zero-order chi connectivity index (χ0) is 13.7. The van der Waals surface area contributed by atoms with Gasteiger partial charge < -0.3 is 0 Å². The van der Waals surface area contributed by atoms with Crippen molar-refractivity contribution in [1.82, 2.24) is 4.98 Å². The Morgan fingerprint density at radius 3 is 2.58 bits per heavy atom. The number of nitriles is 1. The van der Waals surface area contributed by atoms with Gasteiger partial charge in [0.25, 0.3) is 0 Å². The highest BCUT2D eigenvalue weighted by Crippen LogP contribution is 2.26. The average molecular weight is 248 g/mol. The standard InChI is InChI=1S/C17H16N2/c1-13-8-9-16(19-12-13)10-17(14(2)11-18)15-6-4-3-5-7-15/h3-9,12,17H,2,10H2,1H3/t17-/m0/s1. The molecule has 2 rings (SSSR count). The van der Waals surface area contributed by atoms with E-state index in [0.717, 1.165) is 16.8 Å². The van der Waals surface area contributed by atoms with Gasteiger partial charge in [-0.15, -0.1) is 0 Å². The zero-order valence-electron chi connectivity index (χ0n) is 11.0. The Labute approximate surface area is 114 Å². The van der Waals surface area contributed by atoms with Crippen LogP contribution in [0.5, 0.6) is 0 Å². The first-order valence-corrected chi connectivity index (χ1v) is 6.26. The molecule has 2 heteroatoms. The molecule has 0 spiro atoms. The van der Waals surface area contributed by atoms with Gasteiger partial charge in [0.15, 0.2) is 0 Å². The molecule has 0 N–H and O–H groups in total. The Bertz CT molecular complexity index is 591. The molecule has 0 radical (unpaired) electrons. The zero-order valence-corrected chi connectivity index (χ0v) is 11.0. The summed E-state index contributed by atoms with van der Waals surface area (Å²) in [5.41, 5.74) is 3.81. The van der Waals surface area contributed by atoms with E-state index in [1.165, 1.54) is 0 Å². The number of hydrogen-bond donors (Lipinski definition) is 0. The van der Waals surface area contributed by atoms with Crippen molar-refractivity contribution in [2.45, 2.75) is 19.3 Å². The first kappa shape index (κ1) is 13.0. The lowest BCUT2D eigenvalue weighted by atomic mass is 9.88. The predicted octanol–water partition coefficient (Wildman–Crippen LogP) is 3.80. The minimum absolute atomic E-state index is 0.00130. The summed E-state index contributed by atoms with van der Waals surface area (Å²) >= 11 is 0. The number of nitrogens with zero attached hydrogens (tertiary/aromatic N) is 2. The Morgan fingerprint density at radius 1 is 1.26 bits per heavy atom. The van der Waals surface area contributed by atoms with Crippen LogP contribution < -0.4 is 0 Å². The average Bonchev–Trinajstić information content (AvgIpc) is 2.47. The van der Waals surface area contributed by atoms with E-state index in [1.807, 2.05) is 55.6 Å². The highest BCUT2D eigenvalue weighted by Gasteiger charge is 2.16. The minimum atomic E-state index is 0.00130. The maximum absolute atomic E-state index is 9.12. The molecule has 0 fully saturated rings. The van der Waals surface area contributed by atoms with Crippen LogP contribution in [0.25, 0.3) is 0 Å². The van der Waals surface area contributed by atoms with Crippen molar-refractivity contribution in [3.05, 3.63) is 77.6 Å². The molecule has 1 aromatic heterocycles. The first-order valence-electron chi connectivity index (χ1n) is 6.26. The SMILES string of the molecule is C=C(C#N)[C@H](Cc1ccc(C)cn1)c1ccccc1. The first-order chi connectivity index (χ1) is 9.20. The highest BCUT2D eigenvalue weighted by atomic mass is 14.7. The van der Waals surface area contributed by atoms with E-state index in [1.54, 1.807) is 0 Å². The van der Waals surface area contributed by atoms with Crippen LogP contribution >= 0.6 is 0 Å². The predicted molar refractivity (Wildman–Crippen MR) is 76.6 cm³/mol. The molecular weight excluding hydrogens is 232 g/mol. The molecule has 1 aromatic carbocycles. The summed E-state index contributed by atoms with van der Waals surface area (Å²) < 4.78 is 0. The summed E-state index contributed by atoms with van der Waals surface area (Å²) in [6, 6.07) is 16.2. The van der Waals surface area contributed by atoms with Crippen LogP contribution in [0.3, 0.4) is 0 Å². The molecule has 0 aliphatic heterocycles. The molecule has 0 unspecified atom stereocenters. The molecule has 0 bridgehead atoms. The van der Waals surface area contributed by atoms with Gasteiger partial charge in [0, 0.05) is 29.8 Å². The minimum Gasteiger partial charge on any atom is -0.261 e. The second-order valence-electron chi connectivity index (χ2n) is 4.63. The van der Waals surface area contributed by atoms with Crippen LogP contribution in [0.2, 0.25) is 0 Å². The van der Waals surface area contributed by atoms with Crippen molar-refractivity contribution in [2.75, 3.05) is 0 Å². The number of rotatable bonds is 4. The molecule has 0 amide bonds. The molecule has 0 saturated carbocycles. The van der Waals surface area contributed by atoms with Gasteiger partial charge in [-0.05, 0) is 24.1 Å². The fourth-order valence-electron chi connectivity index (χ4n) is 2.03. The van der Waals surface area contributed by atoms with Crippen LogP contribution in [-0.4, -0.2) is 4.98 Å². The number of aromatic nitrogens is 1. The van der Waals surface area contributed by atoms with Crippen molar-refractivity contribution >= 4 is 0 Å². The molecule has 0 aliphatic carbocycles. The lowest BCUT2D eigenvalue weighted by Gasteiger charge is -2.15. The van der Waals surface area contributed by atoms with Crippen LogP contribution in [0.4, 0.5) is 0 Å². The van der Waals surface area contributed by atoms with E-state index < -0.39 is 0 Å². The smallest absolute Gasteiger partial charge is 0.0947 e. The van der Waals surface area contributed by atoms with E-state index in [4.69, 9.17) is 5.26 Å². The van der Waals surface area contributed by atoms with Crippen LogP contribution in [0.1, 0.15) is 22.7 Å². The molecule has 2 aromatic rings. The van der Waals surface area contributed by atoms with Gasteiger partial charge in [-0.1, -0.05) is 43.0 Å². The van der Waals surface area contributed by atoms with Gasteiger partial charge in [0.05, 0.1) is 6.07 Å². The summed E-state index contributed by atoms with van der Waals surface area (Å²) in [6.07, 6.45) is 2.56. The summed E-state index contributed by atoms with van der Waals surface area (Å²) in [7, 11) is 0. The second kappa shape index (κ2) is 5.97. The third-order valence-corrected chi connectivity index (χ3v) is 3.15. The molecule has 19 heavy (non-hydrogen) atoms. The molecule has 0 saturated heterocycles. The summed E-state index contributed by atoms with van der Waals surface area (Å²) in [4.78, 5) is 4.41. The fraction of sp³-hybridized carbons (Fsp3) is 0.176. The maximum atomic E-state index is 9.12. The van der Waals surface area contributed by atoms with Crippen molar-refractivity contribution in [2.24, 2.45) is 0 Å². The van der Waals surface area contributed by atoms with E-state index in [0.29, 0.717) is 12.0 Å². The monoisotopic (exact) mass is 248 g/mol. The quantitative estimate of drug-likeness (QED) is 0.772. The normalized spacial score (nSPS) is 11.6. The van der Waals surface area contributed by atoms with Gasteiger partial charge in [-0.25, -0.2) is 0 Å². The topological polar surface area (TPSA) is 36.7 Å². The molecule has 0 aliphatic rings. The Hall–Kier alpha value is -2.40. The van der Waals surface area contributed by atoms with Gasteiger partial charge in [0.1, 0.15) is 0 Å². The summed E-state index contributed by atoms with van der Waals surface area (Å²) in [5, 5.41) is 9.12. The number of benzene rings is 1. The molecular formula is C17H16N2. The van der Waals surface area contributed by atoms with Gasteiger partial charge in [-0.3, -0.25) is 4.98 Å². The molecule has 1 atom stereocenters. The van der Waals surface area contributed by atoms with E-state index in [2.05, 4.69) is 17.6 Å². The van der Waals surface area contributed by atoms with E-state index in [9.17, 15) is 0 Å². The van der Waals surface area contributed by atoms with Crippen LogP contribution in [0.15, 0.2) is 60.8 Å². The third-order valence-electron chi connectivity index (χ3n) is 3.15. The van der Waals surface area contributed by atoms with Crippen LogP contribution in [-0.2, 0) is 6.42 Å². The third kappa shape index (κ3) is 3.29. The second-order valence-corrected chi connectivity index (χ2v) is 4.63. The lowest BCUT2D eigenvalue weighted by molar-refractivity contribution is 0.786. The summed E-state index contributed by atoms with van der Waals surface area (Å²) in [6.45, 7) is 5.89. The Kier molecular flexibility index (Phi) is 4.10. The highest BCUT2D eigenvalue weighted by molar-refractivity contribution is 5.36. The van der Waals surface area contributed by atoms with Crippen molar-refractivity contribution in [1.29, 1.82) is 5.26 Å². The van der Waals surface area contributed by atoms with E-state index in [-0.39, 0.29) is 5.92 Å². The number of pyridine rings is 1. The molecule has 1 heterocycles. The van der Waals surface area contributed by atoms with Crippen molar-refractivity contribution < 1.29 is 0 Å². The Morgan fingerprint density at radius 2 is 2.00 bits per heavy atom. The number of hydrogen-bond acceptors (Lipinski definition) is 2. The van der Waals surface area contributed by atoms with Gasteiger partial charge in [-0.2, -0.15) is 5.26 Å². The molecule has 2 nitrogen and oxygen atoms in total. The number of aryl methyl sites for hydroxylation is 1. The maximum Gasteiger partial charge on any atom is 0.0947 e. The summed E-state index contributed by atoms with van der Waals surface area (Å²) in [5.74, 6) is 0.00130. The van der Waals surface area contributed by atoms with Crippen molar-refractivity contribution in [3.8, 4) is 6.07 Å². The van der Waals surface area contributed by atoms with E-state index >= 15 is 0 Å². The fourth-order valence-corrected chi connectivity index (χ4v) is 2.03. The van der Waals surface area contributed by atoms with Gasteiger partial charge in [0.2, 0.25) is 0 Å². The molecule has 94 valence electrons. The van der Waals surface area contributed by atoms with Crippen LogP contribution in [0, 0.1) is 18.3 Å². The number of allylic oxidation sites excluding steroid dienone is 1. The van der Waals surface area contributed by atoms with Gasteiger partial charge >= 0.3 is 0 Å². The van der Waals surface area contributed by atoms with Crippen molar-refractivity contribution in [3.63, 3.8) is 0 Å².